The van der Waals surface area contributed by atoms with Gasteiger partial charge in [-0.15, -0.1) is 0 Å². The molecule has 7 heteroatoms. The van der Waals surface area contributed by atoms with Crippen LogP contribution in [0, 0.1) is 0 Å². The van der Waals surface area contributed by atoms with Gasteiger partial charge in [-0.3, -0.25) is 9.36 Å². The minimum absolute atomic E-state index is 0.346. The fourth-order valence-electron chi connectivity index (χ4n) is 1.86. The third-order valence-corrected chi connectivity index (χ3v) is 2.71. The maximum absolute atomic E-state index is 12.0. The monoisotopic (exact) mass is 238 g/mol. The van der Waals surface area contributed by atoms with Crippen molar-refractivity contribution in [3.63, 3.8) is 0 Å². The van der Waals surface area contributed by atoms with Crippen LogP contribution >= 0.6 is 0 Å². The number of aromatic nitrogens is 4. The first-order valence-electron chi connectivity index (χ1n) is 5.37. The molecule has 0 amide bonds. The Kier molecular flexibility index (Phi) is 2.84. The molecule has 0 bridgehead atoms. The zero-order chi connectivity index (χ0) is 12.6. The average Bonchev–Trinajstić information content (AvgIpc) is 2.72. The second kappa shape index (κ2) is 4.17. The number of nitrogens with zero attached hydrogens (tertiary/aromatic N) is 4. The van der Waals surface area contributed by atoms with Crippen molar-refractivity contribution < 1.29 is 5.11 Å². The van der Waals surface area contributed by atoms with Crippen molar-refractivity contribution in [2.45, 2.75) is 26.6 Å². The summed E-state index contributed by atoms with van der Waals surface area (Å²) in [6.45, 7) is 2.01. The van der Waals surface area contributed by atoms with Gasteiger partial charge in [-0.1, -0.05) is 6.92 Å². The summed E-state index contributed by atoms with van der Waals surface area (Å²) in [5, 5.41) is 9.06. The van der Waals surface area contributed by atoms with Gasteiger partial charge in [-0.25, -0.2) is 14.3 Å². The van der Waals surface area contributed by atoms with E-state index < -0.39 is 18.0 Å². The van der Waals surface area contributed by atoms with Crippen molar-refractivity contribution in [3.8, 4) is 0 Å². The molecule has 0 aliphatic heterocycles. The van der Waals surface area contributed by atoms with E-state index in [9.17, 15) is 9.59 Å². The van der Waals surface area contributed by atoms with E-state index >= 15 is 0 Å². The molecule has 0 aromatic carbocycles. The highest BCUT2D eigenvalue weighted by molar-refractivity contribution is 5.69. The molecule has 2 aromatic rings. The molecule has 0 saturated carbocycles. The fraction of sp³-hybridized carbons (Fsp3) is 0.500. The van der Waals surface area contributed by atoms with E-state index in [0.29, 0.717) is 17.7 Å². The first-order chi connectivity index (χ1) is 8.11. The fourth-order valence-corrected chi connectivity index (χ4v) is 1.86. The van der Waals surface area contributed by atoms with Gasteiger partial charge in [-0.2, -0.15) is 0 Å². The summed E-state index contributed by atoms with van der Waals surface area (Å²) in [7, 11) is 1.53. The lowest BCUT2D eigenvalue weighted by Crippen LogP contribution is -2.39. The van der Waals surface area contributed by atoms with Crippen molar-refractivity contribution in [2.75, 3.05) is 0 Å². The average molecular weight is 238 g/mol. The van der Waals surface area contributed by atoms with Gasteiger partial charge in [-0.05, 0) is 6.42 Å². The maximum Gasteiger partial charge on any atom is 0.334 e. The first kappa shape index (κ1) is 11.6. The van der Waals surface area contributed by atoms with Crippen LogP contribution < -0.4 is 11.2 Å². The van der Waals surface area contributed by atoms with Crippen molar-refractivity contribution in [1.29, 1.82) is 0 Å². The molecule has 2 aromatic heterocycles. The lowest BCUT2D eigenvalue weighted by atomic mass is 10.4. The molecule has 0 aliphatic carbocycles. The van der Waals surface area contributed by atoms with E-state index in [-0.39, 0.29) is 0 Å². The Morgan fingerprint density at radius 1 is 1.41 bits per heavy atom. The lowest BCUT2D eigenvalue weighted by Gasteiger charge is -2.06. The van der Waals surface area contributed by atoms with Crippen LogP contribution in [-0.2, 0) is 20.3 Å². The Morgan fingerprint density at radius 2 is 2.12 bits per heavy atom. The molecular weight excluding hydrogens is 224 g/mol. The number of hydrogen-bond acceptors (Lipinski definition) is 4. The van der Waals surface area contributed by atoms with Crippen molar-refractivity contribution in [1.82, 2.24) is 18.7 Å². The van der Waals surface area contributed by atoms with Crippen molar-refractivity contribution in [3.05, 3.63) is 27.2 Å². The molecular formula is C10H14N4O3. The lowest BCUT2D eigenvalue weighted by molar-refractivity contribution is 0.199. The Morgan fingerprint density at radius 3 is 2.71 bits per heavy atom. The van der Waals surface area contributed by atoms with Crippen LogP contribution in [0.3, 0.4) is 0 Å². The normalized spacial score (nSPS) is 11.2. The van der Waals surface area contributed by atoms with Crippen molar-refractivity contribution in [2.24, 2.45) is 7.05 Å². The summed E-state index contributed by atoms with van der Waals surface area (Å²) >= 11 is 0. The molecule has 1 N–H and O–H groups in total. The van der Waals surface area contributed by atoms with Crippen LogP contribution in [-0.4, -0.2) is 23.8 Å². The molecule has 0 aliphatic rings. The number of aliphatic hydroxyl groups excluding tert-OH is 1. The van der Waals surface area contributed by atoms with Gasteiger partial charge in [0, 0.05) is 13.6 Å². The highest BCUT2D eigenvalue weighted by atomic mass is 16.3. The van der Waals surface area contributed by atoms with Gasteiger partial charge in [0.15, 0.2) is 11.2 Å². The van der Waals surface area contributed by atoms with Crippen LogP contribution in [0.4, 0.5) is 0 Å². The zero-order valence-corrected chi connectivity index (χ0v) is 9.75. The number of fused-ring (bicyclic) bond motifs is 1. The van der Waals surface area contributed by atoms with Crippen LogP contribution in [0.2, 0.25) is 0 Å². The van der Waals surface area contributed by atoms with Gasteiger partial charge >= 0.3 is 5.69 Å². The first-order valence-corrected chi connectivity index (χ1v) is 5.37. The van der Waals surface area contributed by atoms with Gasteiger partial charge in [0.1, 0.15) is 6.73 Å². The van der Waals surface area contributed by atoms with E-state index in [4.69, 9.17) is 5.11 Å². The minimum atomic E-state index is -0.626. The Bertz CT molecular complexity index is 664. The number of hydrogen-bond donors (Lipinski definition) is 1. The number of aliphatic hydroxyl groups is 1. The Balaban J connectivity index is 2.92. The Hall–Kier alpha value is -1.89. The molecule has 7 nitrogen and oxygen atoms in total. The third kappa shape index (κ3) is 1.59. The highest BCUT2D eigenvalue weighted by Crippen LogP contribution is 2.05. The van der Waals surface area contributed by atoms with Gasteiger partial charge in [0.05, 0.1) is 6.33 Å². The van der Waals surface area contributed by atoms with E-state index in [1.54, 1.807) is 4.57 Å². The predicted molar refractivity (Wildman–Crippen MR) is 61.7 cm³/mol. The molecule has 92 valence electrons. The van der Waals surface area contributed by atoms with Crippen LogP contribution in [0.1, 0.15) is 13.3 Å². The van der Waals surface area contributed by atoms with Gasteiger partial charge in [0.25, 0.3) is 5.56 Å². The molecule has 17 heavy (non-hydrogen) atoms. The Labute approximate surface area is 96.6 Å². The quantitative estimate of drug-likeness (QED) is 0.763. The topological polar surface area (TPSA) is 82.1 Å². The molecule has 0 saturated heterocycles. The molecule has 0 unspecified atom stereocenters. The minimum Gasteiger partial charge on any atom is -0.376 e. The molecule has 0 fully saturated rings. The van der Waals surface area contributed by atoms with E-state index in [2.05, 4.69) is 4.98 Å². The smallest absolute Gasteiger partial charge is 0.334 e. The highest BCUT2D eigenvalue weighted by Gasteiger charge is 2.14. The summed E-state index contributed by atoms with van der Waals surface area (Å²) < 4.78 is 3.75. The molecule has 0 radical (unpaired) electrons. The number of imidazole rings is 1. The SMILES string of the molecule is CCCn1cnc2c1c(=O)n(CO)c(=O)n2C. The van der Waals surface area contributed by atoms with Crippen LogP contribution in [0.15, 0.2) is 15.9 Å². The standard InChI is InChI=1S/C10H14N4O3/c1-3-4-13-5-11-8-7(13)9(16)14(6-15)10(17)12(8)2/h5,15H,3-4,6H2,1-2H3. The molecule has 0 atom stereocenters. The van der Waals surface area contributed by atoms with Gasteiger partial charge < -0.3 is 9.67 Å². The number of rotatable bonds is 3. The second-order valence-corrected chi connectivity index (χ2v) is 3.83. The predicted octanol–water partition coefficient (Wildman–Crippen LogP) is -0.744. The maximum atomic E-state index is 12.0. The second-order valence-electron chi connectivity index (χ2n) is 3.83. The summed E-state index contributed by atoms with van der Waals surface area (Å²) in [6.07, 6.45) is 2.39. The molecule has 2 heterocycles. The van der Waals surface area contributed by atoms with Gasteiger partial charge in [0.2, 0.25) is 0 Å². The number of aryl methyl sites for hydroxylation is 2. The largest absolute Gasteiger partial charge is 0.376 e. The molecule has 0 spiro atoms. The third-order valence-electron chi connectivity index (χ3n) is 2.71. The summed E-state index contributed by atoms with van der Waals surface area (Å²) in [6, 6.07) is 0. The summed E-state index contributed by atoms with van der Waals surface area (Å²) in [5.41, 5.74) is -0.371. The van der Waals surface area contributed by atoms with E-state index in [0.717, 1.165) is 11.0 Å². The van der Waals surface area contributed by atoms with E-state index in [1.807, 2.05) is 6.92 Å². The van der Waals surface area contributed by atoms with E-state index in [1.165, 1.54) is 17.9 Å². The summed E-state index contributed by atoms with van der Waals surface area (Å²) in [5.74, 6) is 0. The van der Waals surface area contributed by atoms with Crippen molar-refractivity contribution >= 4 is 11.2 Å². The summed E-state index contributed by atoms with van der Waals surface area (Å²) in [4.78, 5) is 27.8. The zero-order valence-electron chi connectivity index (χ0n) is 9.75. The van der Waals surface area contributed by atoms with Crippen LogP contribution in [0.25, 0.3) is 11.2 Å². The van der Waals surface area contributed by atoms with Crippen LogP contribution in [0.5, 0.6) is 0 Å². The molecule has 2 rings (SSSR count).